The normalized spacial score (nSPS) is 15.9. The maximum atomic E-state index is 13.1. The van der Waals surface area contributed by atoms with Crippen LogP contribution in [0.25, 0.3) is 0 Å². The van der Waals surface area contributed by atoms with Crippen LogP contribution >= 0.6 is 7.14 Å². The number of hydrogen-bond donors (Lipinski definition) is 1. The van der Waals surface area contributed by atoms with Crippen LogP contribution in [0.3, 0.4) is 0 Å². The van der Waals surface area contributed by atoms with Crippen LogP contribution in [0.1, 0.15) is 25.5 Å². The SMILES string of the molecule is CCn1ccnc1C(O)P(=O)(CC)c1ccccc1. The third kappa shape index (κ3) is 2.51. The molecule has 5 heteroatoms. The van der Waals surface area contributed by atoms with Gasteiger partial charge in [0.25, 0.3) is 0 Å². The van der Waals surface area contributed by atoms with Crippen LogP contribution in [-0.4, -0.2) is 20.8 Å². The molecule has 1 N–H and O–H groups in total. The van der Waals surface area contributed by atoms with E-state index in [0.29, 0.717) is 23.8 Å². The van der Waals surface area contributed by atoms with Gasteiger partial charge < -0.3 is 14.2 Å². The summed E-state index contributed by atoms with van der Waals surface area (Å²) in [6, 6.07) is 9.19. The van der Waals surface area contributed by atoms with E-state index in [9.17, 15) is 9.67 Å². The van der Waals surface area contributed by atoms with Crippen LogP contribution in [-0.2, 0) is 11.1 Å². The number of nitrogens with zero attached hydrogens (tertiary/aromatic N) is 2. The minimum atomic E-state index is -2.90. The van der Waals surface area contributed by atoms with Gasteiger partial charge in [0.2, 0.25) is 0 Å². The second-order valence-electron chi connectivity index (χ2n) is 4.39. The Hall–Kier alpha value is -1.38. The van der Waals surface area contributed by atoms with E-state index in [0.717, 1.165) is 0 Å². The highest BCUT2D eigenvalue weighted by Crippen LogP contribution is 2.55. The van der Waals surface area contributed by atoms with Crippen molar-refractivity contribution >= 4 is 12.4 Å². The molecule has 102 valence electrons. The van der Waals surface area contributed by atoms with Crippen LogP contribution in [0, 0.1) is 0 Å². The highest BCUT2D eigenvalue weighted by Gasteiger charge is 2.35. The van der Waals surface area contributed by atoms with Gasteiger partial charge in [-0.25, -0.2) is 4.98 Å². The maximum absolute atomic E-state index is 13.1. The van der Waals surface area contributed by atoms with E-state index in [4.69, 9.17) is 0 Å². The molecule has 0 fully saturated rings. The Labute approximate surface area is 113 Å². The highest BCUT2D eigenvalue weighted by atomic mass is 31.2. The van der Waals surface area contributed by atoms with Gasteiger partial charge in [0.1, 0.15) is 13.0 Å². The first-order valence-electron chi connectivity index (χ1n) is 6.47. The first kappa shape index (κ1) is 14.0. The zero-order valence-corrected chi connectivity index (χ0v) is 12.1. The van der Waals surface area contributed by atoms with Crippen molar-refractivity contribution in [2.45, 2.75) is 26.2 Å². The van der Waals surface area contributed by atoms with Crippen molar-refractivity contribution in [1.29, 1.82) is 0 Å². The van der Waals surface area contributed by atoms with Crippen LogP contribution in [0.2, 0.25) is 0 Å². The smallest absolute Gasteiger partial charge is 0.168 e. The van der Waals surface area contributed by atoms with E-state index >= 15 is 0 Å². The lowest BCUT2D eigenvalue weighted by atomic mass is 10.4. The fraction of sp³-hybridized carbons (Fsp3) is 0.357. The van der Waals surface area contributed by atoms with E-state index in [1.54, 1.807) is 12.4 Å². The molecule has 19 heavy (non-hydrogen) atoms. The lowest BCUT2D eigenvalue weighted by Crippen LogP contribution is -2.16. The van der Waals surface area contributed by atoms with E-state index in [2.05, 4.69) is 4.98 Å². The predicted molar refractivity (Wildman–Crippen MR) is 77.1 cm³/mol. The van der Waals surface area contributed by atoms with E-state index in [1.165, 1.54) is 0 Å². The maximum Gasteiger partial charge on any atom is 0.168 e. The monoisotopic (exact) mass is 278 g/mol. The van der Waals surface area contributed by atoms with Crippen molar-refractivity contribution in [3.8, 4) is 0 Å². The van der Waals surface area contributed by atoms with Gasteiger partial charge >= 0.3 is 0 Å². The molecule has 0 aliphatic heterocycles. The van der Waals surface area contributed by atoms with Crippen molar-refractivity contribution < 1.29 is 9.67 Å². The molecule has 0 saturated carbocycles. The fourth-order valence-electron chi connectivity index (χ4n) is 2.19. The molecule has 1 aromatic heterocycles. The summed E-state index contributed by atoms with van der Waals surface area (Å²) in [5.41, 5.74) is 0. The van der Waals surface area contributed by atoms with Crippen molar-refractivity contribution in [3.05, 3.63) is 48.5 Å². The molecule has 2 aromatic rings. The summed E-state index contributed by atoms with van der Waals surface area (Å²) in [6.45, 7) is 4.51. The van der Waals surface area contributed by atoms with E-state index in [1.807, 2.05) is 48.7 Å². The van der Waals surface area contributed by atoms with Crippen LogP contribution in [0.15, 0.2) is 42.7 Å². The lowest BCUT2D eigenvalue weighted by Gasteiger charge is -2.23. The number of aliphatic hydroxyl groups is 1. The molecule has 0 saturated heterocycles. The molecule has 0 bridgehead atoms. The molecule has 4 nitrogen and oxygen atoms in total. The van der Waals surface area contributed by atoms with Crippen molar-refractivity contribution in [1.82, 2.24) is 9.55 Å². The first-order valence-corrected chi connectivity index (χ1v) is 8.43. The second-order valence-corrected chi connectivity index (χ2v) is 7.62. The van der Waals surface area contributed by atoms with Gasteiger partial charge in [-0.15, -0.1) is 0 Å². The average Bonchev–Trinajstić information content (AvgIpc) is 2.94. The number of benzene rings is 1. The number of aliphatic hydroxyl groups excluding tert-OH is 1. The molecule has 0 radical (unpaired) electrons. The summed E-state index contributed by atoms with van der Waals surface area (Å²) < 4.78 is 15.0. The second kappa shape index (κ2) is 5.72. The van der Waals surface area contributed by atoms with Gasteiger partial charge in [-0.1, -0.05) is 37.3 Å². The molecule has 0 aliphatic carbocycles. The summed E-state index contributed by atoms with van der Waals surface area (Å²) in [7, 11) is -2.90. The number of aryl methyl sites for hydroxylation is 1. The molecule has 0 spiro atoms. The molecule has 2 unspecified atom stereocenters. The van der Waals surface area contributed by atoms with Gasteiger partial charge in [-0.2, -0.15) is 0 Å². The number of aromatic nitrogens is 2. The fourth-order valence-corrected chi connectivity index (χ4v) is 4.44. The minimum Gasteiger partial charge on any atom is -0.377 e. The Morgan fingerprint density at radius 1 is 1.32 bits per heavy atom. The van der Waals surface area contributed by atoms with Gasteiger partial charge in [-0.3, -0.25) is 0 Å². The molecular formula is C14H19N2O2P. The van der Waals surface area contributed by atoms with E-state index < -0.39 is 13.0 Å². The summed E-state index contributed by atoms with van der Waals surface area (Å²) in [6.07, 6.45) is 3.84. The molecular weight excluding hydrogens is 259 g/mol. The number of hydrogen-bond acceptors (Lipinski definition) is 3. The summed E-state index contributed by atoms with van der Waals surface area (Å²) >= 11 is 0. The Morgan fingerprint density at radius 3 is 2.58 bits per heavy atom. The van der Waals surface area contributed by atoms with Crippen LogP contribution in [0.5, 0.6) is 0 Å². The number of rotatable bonds is 5. The predicted octanol–water partition coefficient (Wildman–Crippen LogP) is 2.60. The quantitative estimate of drug-likeness (QED) is 0.855. The van der Waals surface area contributed by atoms with Crippen molar-refractivity contribution in [3.63, 3.8) is 0 Å². The van der Waals surface area contributed by atoms with Crippen LogP contribution < -0.4 is 5.30 Å². The van der Waals surface area contributed by atoms with Gasteiger partial charge in [0, 0.05) is 30.4 Å². The molecule has 1 heterocycles. The standard InChI is InChI=1S/C14H19N2O2P/c1-3-16-11-10-15-13(16)14(17)19(18,4-2)12-8-6-5-7-9-12/h5-11,14,17H,3-4H2,1-2H3. The summed E-state index contributed by atoms with van der Waals surface area (Å²) in [4.78, 5) is 4.17. The van der Waals surface area contributed by atoms with Gasteiger partial charge in [0.05, 0.1) is 0 Å². The topological polar surface area (TPSA) is 55.1 Å². The largest absolute Gasteiger partial charge is 0.377 e. The van der Waals surface area contributed by atoms with E-state index in [-0.39, 0.29) is 0 Å². The Bertz CT molecular complexity index is 580. The highest BCUT2D eigenvalue weighted by molar-refractivity contribution is 7.71. The molecule has 1 aromatic carbocycles. The Kier molecular flexibility index (Phi) is 4.23. The first-order chi connectivity index (χ1) is 9.13. The van der Waals surface area contributed by atoms with Crippen molar-refractivity contribution in [2.24, 2.45) is 0 Å². The Balaban J connectivity index is 2.45. The number of imidazole rings is 1. The van der Waals surface area contributed by atoms with Crippen molar-refractivity contribution in [2.75, 3.05) is 6.16 Å². The zero-order chi connectivity index (χ0) is 13.9. The molecule has 0 amide bonds. The molecule has 2 atom stereocenters. The lowest BCUT2D eigenvalue weighted by molar-refractivity contribution is 0.239. The third-order valence-electron chi connectivity index (χ3n) is 3.38. The summed E-state index contributed by atoms with van der Waals surface area (Å²) in [5, 5.41) is 11.3. The Morgan fingerprint density at radius 2 is 2.00 bits per heavy atom. The zero-order valence-electron chi connectivity index (χ0n) is 11.2. The van der Waals surface area contributed by atoms with Gasteiger partial charge in [0.15, 0.2) is 5.85 Å². The minimum absolute atomic E-state index is 0.411. The van der Waals surface area contributed by atoms with Crippen LogP contribution in [0.4, 0.5) is 0 Å². The molecule has 2 rings (SSSR count). The summed E-state index contributed by atoms with van der Waals surface area (Å²) in [5.74, 6) is -0.564. The molecule has 0 aliphatic rings. The average molecular weight is 278 g/mol. The third-order valence-corrected chi connectivity index (χ3v) is 6.51. The van der Waals surface area contributed by atoms with Gasteiger partial charge in [-0.05, 0) is 6.92 Å².